The number of nitrogens with zero attached hydrogens (tertiary/aromatic N) is 2. The van der Waals surface area contributed by atoms with Crippen LogP contribution in [0.15, 0.2) is 22.6 Å². The number of carbonyl (C=O) groups is 1. The molecule has 1 aromatic heterocycles. The van der Waals surface area contributed by atoms with Gasteiger partial charge in [0.2, 0.25) is 0 Å². The molecule has 0 unspecified atom stereocenters. The molecular formula is C13H12N2O4. The maximum Gasteiger partial charge on any atom is 0.393 e. The van der Waals surface area contributed by atoms with E-state index < -0.39 is 11.9 Å². The van der Waals surface area contributed by atoms with E-state index in [4.69, 9.17) is 14.3 Å². The van der Waals surface area contributed by atoms with Gasteiger partial charge in [-0.3, -0.25) is 0 Å². The average molecular weight is 260 g/mol. The van der Waals surface area contributed by atoms with Gasteiger partial charge < -0.3 is 14.3 Å². The number of ether oxygens (including phenoxy) is 1. The highest BCUT2D eigenvalue weighted by Crippen LogP contribution is 2.26. The molecule has 0 fully saturated rings. The first kappa shape index (κ1) is 11.7. The van der Waals surface area contributed by atoms with Gasteiger partial charge >= 0.3 is 11.9 Å². The van der Waals surface area contributed by atoms with Gasteiger partial charge in [0.15, 0.2) is 6.61 Å². The van der Waals surface area contributed by atoms with Crippen LogP contribution >= 0.6 is 0 Å². The zero-order chi connectivity index (χ0) is 13.2. The van der Waals surface area contributed by atoms with Gasteiger partial charge in [0.25, 0.3) is 5.89 Å². The first-order chi connectivity index (χ1) is 9.22. The third-order valence-electron chi connectivity index (χ3n) is 3.08. The summed E-state index contributed by atoms with van der Waals surface area (Å²) in [5.74, 6) is -0.780. The van der Waals surface area contributed by atoms with E-state index in [9.17, 15) is 4.79 Å². The highest BCUT2D eigenvalue weighted by atomic mass is 16.5. The van der Waals surface area contributed by atoms with Crippen molar-refractivity contribution in [3.05, 3.63) is 41.1 Å². The Balaban J connectivity index is 1.67. The number of benzene rings is 1. The number of fused-ring (bicyclic) bond motifs is 1. The molecule has 0 saturated carbocycles. The normalized spacial score (nSPS) is 13.3. The third-order valence-corrected chi connectivity index (χ3v) is 3.08. The second-order valence-electron chi connectivity index (χ2n) is 4.38. The molecule has 0 aliphatic heterocycles. The van der Waals surface area contributed by atoms with E-state index >= 15 is 0 Å². The van der Waals surface area contributed by atoms with E-state index in [1.54, 1.807) is 0 Å². The lowest BCUT2D eigenvalue weighted by Crippen LogP contribution is -1.97. The predicted octanol–water partition coefficient (Wildman–Crippen LogP) is 1.84. The van der Waals surface area contributed by atoms with Gasteiger partial charge in [0.1, 0.15) is 5.75 Å². The summed E-state index contributed by atoms with van der Waals surface area (Å²) in [6.07, 6.45) is 3.39. The molecule has 19 heavy (non-hydrogen) atoms. The number of hydrogen-bond acceptors (Lipinski definition) is 5. The van der Waals surface area contributed by atoms with Gasteiger partial charge in [-0.25, -0.2) is 4.79 Å². The molecule has 2 aromatic rings. The summed E-state index contributed by atoms with van der Waals surface area (Å²) < 4.78 is 10.4. The van der Waals surface area contributed by atoms with Crippen LogP contribution in [-0.4, -0.2) is 21.3 Å². The number of rotatable bonds is 4. The highest BCUT2D eigenvalue weighted by molar-refractivity contribution is 5.81. The molecule has 0 saturated heterocycles. The minimum Gasteiger partial charge on any atom is -0.484 e. The fourth-order valence-electron chi connectivity index (χ4n) is 2.18. The Kier molecular flexibility index (Phi) is 2.91. The smallest absolute Gasteiger partial charge is 0.393 e. The molecule has 0 spiro atoms. The standard InChI is InChI=1S/C13H12N2O4/c16-13(17)12-15-14-11(19-12)7-18-10-5-4-8-2-1-3-9(8)6-10/h4-6H,1-3,7H2,(H,16,17). The number of aromatic nitrogens is 2. The number of aryl methyl sites for hydroxylation is 2. The fraction of sp³-hybridized carbons (Fsp3) is 0.308. The molecule has 6 nitrogen and oxygen atoms in total. The Bertz CT molecular complexity index is 621. The van der Waals surface area contributed by atoms with Gasteiger partial charge in [-0.15, -0.1) is 10.2 Å². The number of hydrogen-bond donors (Lipinski definition) is 1. The predicted molar refractivity (Wildman–Crippen MR) is 64.1 cm³/mol. The Morgan fingerprint density at radius 1 is 1.32 bits per heavy atom. The summed E-state index contributed by atoms with van der Waals surface area (Å²) in [5, 5.41) is 15.6. The van der Waals surface area contributed by atoms with E-state index in [1.165, 1.54) is 17.5 Å². The van der Waals surface area contributed by atoms with Crippen molar-refractivity contribution in [1.82, 2.24) is 10.2 Å². The lowest BCUT2D eigenvalue weighted by Gasteiger charge is -2.05. The lowest BCUT2D eigenvalue weighted by molar-refractivity contribution is 0.0649. The number of carboxylic acid groups (broad SMARTS) is 1. The van der Waals surface area contributed by atoms with Crippen LogP contribution in [0.5, 0.6) is 5.75 Å². The molecule has 0 amide bonds. The molecule has 0 atom stereocenters. The molecular weight excluding hydrogens is 248 g/mol. The van der Waals surface area contributed by atoms with E-state index in [0.29, 0.717) is 0 Å². The van der Waals surface area contributed by atoms with E-state index in [0.717, 1.165) is 18.6 Å². The molecule has 1 N–H and O–H groups in total. The van der Waals surface area contributed by atoms with Gasteiger partial charge in [0.05, 0.1) is 0 Å². The molecule has 1 heterocycles. The Hall–Kier alpha value is -2.37. The average Bonchev–Trinajstić information content (AvgIpc) is 3.04. The Morgan fingerprint density at radius 3 is 2.95 bits per heavy atom. The summed E-state index contributed by atoms with van der Waals surface area (Å²) in [5.41, 5.74) is 2.69. The maximum absolute atomic E-state index is 10.6. The van der Waals surface area contributed by atoms with Crippen molar-refractivity contribution in [2.45, 2.75) is 25.9 Å². The minimum atomic E-state index is -1.24. The Labute approximate surface area is 109 Å². The summed E-state index contributed by atoms with van der Waals surface area (Å²) in [6, 6.07) is 5.98. The van der Waals surface area contributed by atoms with E-state index in [-0.39, 0.29) is 12.5 Å². The molecule has 98 valence electrons. The second kappa shape index (κ2) is 4.72. The highest BCUT2D eigenvalue weighted by Gasteiger charge is 2.14. The third kappa shape index (κ3) is 2.42. The van der Waals surface area contributed by atoms with Crippen LogP contribution in [0.1, 0.15) is 34.1 Å². The van der Waals surface area contributed by atoms with Crippen LogP contribution in [0.4, 0.5) is 0 Å². The van der Waals surface area contributed by atoms with Crippen molar-refractivity contribution in [2.24, 2.45) is 0 Å². The lowest BCUT2D eigenvalue weighted by atomic mass is 10.1. The molecule has 3 rings (SSSR count). The molecule has 0 bridgehead atoms. The van der Waals surface area contributed by atoms with Crippen molar-refractivity contribution < 1.29 is 19.1 Å². The molecule has 6 heteroatoms. The summed E-state index contributed by atoms with van der Waals surface area (Å²) >= 11 is 0. The van der Waals surface area contributed by atoms with Crippen molar-refractivity contribution in [3.63, 3.8) is 0 Å². The molecule has 1 aromatic carbocycles. The van der Waals surface area contributed by atoms with Crippen LogP contribution in [0.25, 0.3) is 0 Å². The minimum absolute atomic E-state index is 0.0685. The monoisotopic (exact) mass is 260 g/mol. The maximum atomic E-state index is 10.6. The zero-order valence-electron chi connectivity index (χ0n) is 10.1. The van der Waals surface area contributed by atoms with Crippen LogP contribution in [-0.2, 0) is 19.4 Å². The summed E-state index contributed by atoms with van der Waals surface area (Å²) in [6.45, 7) is 0.0685. The van der Waals surface area contributed by atoms with Crippen molar-refractivity contribution >= 4 is 5.97 Å². The topological polar surface area (TPSA) is 85.5 Å². The molecule has 1 aliphatic carbocycles. The largest absolute Gasteiger partial charge is 0.484 e. The van der Waals surface area contributed by atoms with E-state index in [2.05, 4.69) is 16.3 Å². The van der Waals surface area contributed by atoms with Crippen molar-refractivity contribution in [1.29, 1.82) is 0 Å². The van der Waals surface area contributed by atoms with Crippen molar-refractivity contribution in [3.8, 4) is 5.75 Å². The van der Waals surface area contributed by atoms with Crippen LogP contribution < -0.4 is 4.74 Å². The van der Waals surface area contributed by atoms with Gasteiger partial charge in [-0.2, -0.15) is 0 Å². The number of aromatic carboxylic acids is 1. The fourth-order valence-corrected chi connectivity index (χ4v) is 2.18. The number of carboxylic acids is 1. The first-order valence-electron chi connectivity index (χ1n) is 6.02. The van der Waals surface area contributed by atoms with Crippen LogP contribution in [0.3, 0.4) is 0 Å². The molecule has 0 radical (unpaired) electrons. The van der Waals surface area contributed by atoms with Gasteiger partial charge in [-0.05, 0) is 42.5 Å². The van der Waals surface area contributed by atoms with Crippen molar-refractivity contribution in [2.75, 3.05) is 0 Å². The molecule has 1 aliphatic rings. The zero-order valence-corrected chi connectivity index (χ0v) is 10.1. The second-order valence-corrected chi connectivity index (χ2v) is 4.38. The van der Waals surface area contributed by atoms with Gasteiger partial charge in [-0.1, -0.05) is 6.07 Å². The van der Waals surface area contributed by atoms with Crippen LogP contribution in [0.2, 0.25) is 0 Å². The SMILES string of the molecule is O=C(O)c1nnc(COc2ccc3c(c2)CCC3)o1. The summed E-state index contributed by atoms with van der Waals surface area (Å²) in [7, 11) is 0. The van der Waals surface area contributed by atoms with E-state index in [1.807, 2.05) is 12.1 Å². The van der Waals surface area contributed by atoms with Gasteiger partial charge in [0, 0.05) is 0 Å². The van der Waals surface area contributed by atoms with Crippen LogP contribution in [0, 0.1) is 0 Å². The Morgan fingerprint density at radius 2 is 2.16 bits per heavy atom. The quantitative estimate of drug-likeness (QED) is 0.902. The first-order valence-corrected chi connectivity index (χ1v) is 6.02. The summed E-state index contributed by atoms with van der Waals surface area (Å²) in [4.78, 5) is 10.6.